The van der Waals surface area contributed by atoms with Crippen molar-refractivity contribution in [1.82, 2.24) is 0 Å². The van der Waals surface area contributed by atoms with Gasteiger partial charge in [0, 0.05) is 0 Å². The molecule has 6 N–H and O–H groups in total. The summed E-state index contributed by atoms with van der Waals surface area (Å²) in [7, 11) is -4.81. The maximum absolute atomic E-state index is 10.7. The second-order valence-corrected chi connectivity index (χ2v) is 4.15. The van der Waals surface area contributed by atoms with E-state index in [2.05, 4.69) is 4.52 Å². The number of hydrogen-bond acceptors (Lipinski definition) is 7. The molecule has 0 spiro atoms. The van der Waals surface area contributed by atoms with E-state index in [4.69, 9.17) is 30.2 Å². The summed E-state index contributed by atoms with van der Waals surface area (Å²) < 4.78 is 14.1. The number of aliphatic hydroxyl groups excluding tert-OH is 4. The molecule has 0 heterocycles. The minimum atomic E-state index is -4.81. The van der Waals surface area contributed by atoms with E-state index < -0.39 is 45.1 Å². The van der Waals surface area contributed by atoms with E-state index in [1.807, 2.05) is 0 Å². The fraction of sp³-hybridized carbons (Fsp3) is 0.833. The van der Waals surface area contributed by atoms with Crippen LogP contribution < -0.4 is 0 Å². The molecule has 0 aromatic heterocycles. The molecule has 0 saturated carbocycles. The maximum atomic E-state index is 10.7. The number of carbonyl (C=O) groups is 1. The van der Waals surface area contributed by atoms with Crippen LogP contribution in [0.2, 0.25) is 0 Å². The van der Waals surface area contributed by atoms with E-state index in [0.717, 1.165) is 0 Å². The van der Waals surface area contributed by atoms with Gasteiger partial charge in [0.25, 0.3) is 0 Å². The zero-order chi connectivity index (χ0) is 12.9. The Balaban J connectivity index is -0.000000375. The Kier molecular flexibility index (Phi) is 10.6. The predicted octanol–water partition coefficient (Wildman–Crippen LogP) is -3.42. The van der Waals surface area contributed by atoms with Crippen LogP contribution in [0.15, 0.2) is 0 Å². The van der Waals surface area contributed by atoms with Gasteiger partial charge in [0.05, 0.1) is 6.61 Å². The average Bonchev–Trinajstić information content (AvgIpc) is 2.21. The molecule has 9 nitrogen and oxygen atoms in total. The van der Waals surface area contributed by atoms with Crippen LogP contribution in [-0.2, 0) is 13.9 Å². The second-order valence-electron chi connectivity index (χ2n) is 2.91. The molecular weight excluding hydrogens is 287 g/mol. The van der Waals surface area contributed by atoms with E-state index in [9.17, 15) is 9.36 Å². The Morgan fingerprint density at radius 2 is 1.76 bits per heavy atom. The van der Waals surface area contributed by atoms with Crippen LogP contribution in [0.5, 0.6) is 0 Å². The summed E-state index contributed by atoms with van der Waals surface area (Å²) >= 11 is 0. The summed E-state index contributed by atoms with van der Waals surface area (Å²) in [6, 6.07) is 0. The number of Topliss-reactive ketones (excluding diaryl/α,β-unsaturated/α-hetero) is 1. The zero-order valence-corrected chi connectivity index (χ0v) is 11.8. The van der Waals surface area contributed by atoms with Crippen molar-refractivity contribution in [3.8, 4) is 0 Å². The smallest absolute Gasteiger partial charge is 1.00 e. The van der Waals surface area contributed by atoms with Gasteiger partial charge in [0.15, 0.2) is 5.78 Å². The first kappa shape index (κ1) is 20.2. The molecular formula is C6H15CaO9P. The molecule has 0 aliphatic rings. The number of hydrogen-bond donors (Lipinski definition) is 6. The third-order valence-corrected chi connectivity index (χ3v) is 2.10. The van der Waals surface area contributed by atoms with Crippen molar-refractivity contribution >= 4 is 51.3 Å². The molecule has 17 heavy (non-hydrogen) atoms. The normalized spacial score (nSPS) is 16.8. The van der Waals surface area contributed by atoms with Gasteiger partial charge in [0.1, 0.15) is 24.9 Å². The van der Waals surface area contributed by atoms with Crippen molar-refractivity contribution in [1.29, 1.82) is 0 Å². The van der Waals surface area contributed by atoms with E-state index >= 15 is 0 Å². The summed E-state index contributed by atoms with van der Waals surface area (Å²) in [4.78, 5) is 27.2. The van der Waals surface area contributed by atoms with Gasteiger partial charge in [-0.3, -0.25) is 9.32 Å². The van der Waals surface area contributed by atoms with Crippen molar-refractivity contribution in [3.63, 3.8) is 0 Å². The zero-order valence-electron chi connectivity index (χ0n) is 10.7. The monoisotopic (exact) mass is 302 g/mol. The topological polar surface area (TPSA) is 165 Å². The molecule has 100 valence electrons. The van der Waals surface area contributed by atoms with Gasteiger partial charge in [0.2, 0.25) is 0 Å². The molecule has 0 amide bonds. The van der Waals surface area contributed by atoms with Crippen LogP contribution in [0.4, 0.5) is 0 Å². The van der Waals surface area contributed by atoms with Gasteiger partial charge < -0.3 is 33.1 Å². The molecule has 0 saturated heterocycles. The Labute approximate surface area is 129 Å². The van der Waals surface area contributed by atoms with Crippen molar-refractivity contribution in [2.45, 2.75) is 18.3 Å². The quantitative estimate of drug-likeness (QED) is 0.207. The summed E-state index contributed by atoms with van der Waals surface area (Å²) in [5.41, 5.74) is 0. The van der Waals surface area contributed by atoms with Gasteiger partial charge in [-0.15, -0.1) is 0 Å². The first-order valence-electron chi connectivity index (χ1n) is 4.07. The number of ketones is 1. The van der Waals surface area contributed by atoms with Gasteiger partial charge in [-0.2, -0.15) is 0 Å². The van der Waals surface area contributed by atoms with Crippen molar-refractivity contribution in [3.05, 3.63) is 0 Å². The van der Waals surface area contributed by atoms with Crippen LogP contribution in [0, 0.1) is 0 Å². The average molecular weight is 302 g/mol. The van der Waals surface area contributed by atoms with E-state index in [-0.39, 0.29) is 40.6 Å². The summed E-state index contributed by atoms with van der Waals surface area (Å²) in [6.07, 6.45) is -5.94. The summed E-state index contributed by atoms with van der Waals surface area (Å²) in [5, 5.41) is 35.6. The molecule has 0 radical (unpaired) electrons. The Morgan fingerprint density at radius 1 is 1.29 bits per heavy atom. The molecule has 0 aliphatic carbocycles. The predicted molar refractivity (Wildman–Crippen MR) is 56.1 cm³/mol. The summed E-state index contributed by atoms with van der Waals surface area (Å²) in [5.74, 6) is -1.14. The molecule has 3 unspecified atom stereocenters. The van der Waals surface area contributed by atoms with Crippen LogP contribution >= 0.6 is 7.82 Å². The SMILES string of the molecule is O=C(CO)C(O)C(O)C(O)COP(=O)(O)O.[Ca+2].[H-].[H-]. The molecule has 0 bridgehead atoms. The molecule has 0 aliphatic heterocycles. The third-order valence-electron chi connectivity index (χ3n) is 1.62. The third kappa shape index (κ3) is 8.57. The van der Waals surface area contributed by atoms with E-state index in [1.165, 1.54) is 0 Å². The van der Waals surface area contributed by atoms with Crippen molar-refractivity contribution < 1.29 is 46.9 Å². The Hall–Kier alpha value is 0.880. The molecule has 0 rings (SSSR count). The molecule has 0 aromatic rings. The number of carbonyl (C=O) groups excluding carboxylic acids is 1. The van der Waals surface area contributed by atoms with Gasteiger partial charge in [-0.05, 0) is 0 Å². The fourth-order valence-electron chi connectivity index (χ4n) is 0.766. The van der Waals surface area contributed by atoms with Crippen LogP contribution in [-0.4, -0.2) is 105 Å². The number of phosphoric ester groups is 1. The Morgan fingerprint density at radius 3 is 2.12 bits per heavy atom. The molecule has 3 atom stereocenters. The standard InChI is InChI=1S/C6H13O9P.Ca.2H/c7-1-3(8)5(10)6(11)4(9)2-15-16(12,13)14;;;/h4-7,9-11H,1-2H2,(H2,12,13,14);;;/q;+2;2*-1. The van der Waals surface area contributed by atoms with Gasteiger partial charge in [-0.1, -0.05) is 0 Å². The number of phosphoric acid groups is 1. The van der Waals surface area contributed by atoms with Crippen molar-refractivity contribution in [2.75, 3.05) is 13.2 Å². The number of aliphatic hydroxyl groups is 4. The minimum absolute atomic E-state index is 0. The van der Waals surface area contributed by atoms with Crippen LogP contribution in [0.3, 0.4) is 0 Å². The summed E-state index contributed by atoms with van der Waals surface area (Å²) in [6.45, 7) is -2.01. The van der Waals surface area contributed by atoms with Crippen molar-refractivity contribution in [2.24, 2.45) is 0 Å². The Bertz CT molecular complexity index is 288. The van der Waals surface area contributed by atoms with Gasteiger partial charge in [-0.25, -0.2) is 4.57 Å². The second kappa shape index (κ2) is 8.89. The number of rotatable bonds is 7. The van der Waals surface area contributed by atoms with E-state index in [1.54, 1.807) is 0 Å². The first-order chi connectivity index (χ1) is 7.19. The molecule has 0 fully saturated rings. The van der Waals surface area contributed by atoms with Crippen LogP contribution in [0.1, 0.15) is 2.85 Å². The van der Waals surface area contributed by atoms with E-state index in [0.29, 0.717) is 0 Å². The maximum Gasteiger partial charge on any atom is 2.00 e. The molecule has 11 heteroatoms. The largest absolute Gasteiger partial charge is 2.00 e. The minimum Gasteiger partial charge on any atom is -1.00 e. The van der Waals surface area contributed by atoms with Gasteiger partial charge >= 0.3 is 45.6 Å². The fourth-order valence-corrected chi connectivity index (χ4v) is 1.11. The van der Waals surface area contributed by atoms with Crippen LogP contribution in [0.25, 0.3) is 0 Å². The molecule has 0 aromatic carbocycles. The first-order valence-corrected chi connectivity index (χ1v) is 5.60.